The maximum atomic E-state index is 5.55. The number of hydrogen-bond acceptors (Lipinski definition) is 3. The van der Waals surface area contributed by atoms with Crippen molar-refractivity contribution >= 4 is 17.0 Å². The van der Waals surface area contributed by atoms with Crippen molar-refractivity contribution in [3.8, 4) is 0 Å². The molecule has 2 heterocycles. The molecule has 0 aromatic carbocycles. The normalized spacial score (nSPS) is 10.6. The molecule has 0 fully saturated rings. The van der Waals surface area contributed by atoms with Crippen LogP contribution in [0.15, 0.2) is 22.7 Å². The number of anilines is 1. The first kappa shape index (κ1) is 6.22. The summed E-state index contributed by atoms with van der Waals surface area (Å²) < 4.78 is 5.17. The number of rotatable bonds is 0. The van der Waals surface area contributed by atoms with Crippen LogP contribution in [0.4, 0.5) is 5.88 Å². The molecular formula is C8H8N2O. The average Bonchev–Trinajstić information content (AvgIpc) is 2.30. The van der Waals surface area contributed by atoms with Crippen molar-refractivity contribution in [3.05, 3.63) is 23.9 Å². The van der Waals surface area contributed by atoms with Crippen LogP contribution < -0.4 is 5.73 Å². The summed E-state index contributed by atoms with van der Waals surface area (Å²) in [5.41, 5.74) is 7.13. The van der Waals surface area contributed by atoms with Gasteiger partial charge in [-0.25, -0.2) is 4.98 Å². The number of nitrogens with two attached hydrogens (primary N) is 1. The molecule has 0 aliphatic rings. The molecule has 11 heavy (non-hydrogen) atoms. The first-order valence-electron chi connectivity index (χ1n) is 3.38. The van der Waals surface area contributed by atoms with Crippen LogP contribution in [0.25, 0.3) is 11.1 Å². The van der Waals surface area contributed by atoms with Crippen LogP contribution in [0.2, 0.25) is 0 Å². The van der Waals surface area contributed by atoms with Crippen molar-refractivity contribution < 1.29 is 4.42 Å². The topological polar surface area (TPSA) is 52.0 Å². The molecule has 56 valence electrons. The summed E-state index contributed by atoms with van der Waals surface area (Å²) in [6.45, 7) is 1.92. The SMILES string of the molecule is Cc1c(N)oc2ncccc12. The van der Waals surface area contributed by atoms with Crippen LogP contribution in [0.3, 0.4) is 0 Å². The fraction of sp³-hybridized carbons (Fsp3) is 0.125. The fourth-order valence-corrected chi connectivity index (χ4v) is 1.07. The predicted molar refractivity (Wildman–Crippen MR) is 43.2 cm³/mol. The van der Waals surface area contributed by atoms with E-state index in [0.717, 1.165) is 10.9 Å². The van der Waals surface area contributed by atoms with E-state index in [1.165, 1.54) is 0 Å². The van der Waals surface area contributed by atoms with Crippen molar-refractivity contribution in [1.29, 1.82) is 0 Å². The lowest BCUT2D eigenvalue weighted by Gasteiger charge is -1.84. The summed E-state index contributed by atoms with van der Waals surface area (Å²) in [5, 5.41) is 0.991. The predicted octanol–water partition coefficient (Wildman–Crippen LogP) is 1.72. The van der Waals surface area contributed by atoms with Crippen LogP contribution in [0, 0.1) is 6.92 Å². The molecule has 0 saturated carbocycles. The van der Waals surface area contributed by atoms with Gasteiger partial charge >= 0.3 is 0 Å². The molecule has 3 heteroatoms. The summed E-state index contributed by atoms with van der Waals surface area (Å²) >= 11 is 0. The van der Waals surface area contributed by atoms with E-state index in [1.807, 2.05) is 19.1 Å². The van der Waals surface area contributed by atoms with Crippen LogP contribution in [-0.2, 0) is 0 Å². The number of hydrogen-bond donors (Lipinski definition) is 1. The highest BCUT2D eigenvalue weighted by Gasteiger charge is 2.05. The van der Waals surface area contributed by atoms with Gasteiger partial charge in [0.2, 0.25) is 5.71 Å². The molecule has 2 aromatic heterocycles. The van der Waals surface area contributed by atoms with Crippen LogP contribution >= 0.6 is 0 Å². The second-order valence-electron chi connectivity index (χ2n) is 2.45. The van der Waals surface area contributed by atoms with E-state index in [9.17, 15) is 0 Å². The second-order valence-corrected chi connectivity index (χ2v) is 2.45. The Morgan fingerprint density at radius 1 is 1.55 bits per heavy atom. The Bertz CT molecular complexity index is 392. The van der Waals surface area contributed by atoms with Gasteiger partial charge in [0.15, 0.2) is 5.88 Å². The average molecular weight is 148 g/mol. The van der Waals surface area contributed by atoms with Gasteiger partial charge in [0, 0.05) is 17.1 Å². The lowest BCUT2D eigenvalue weighted by Crippen LogP contribution is -1.81. The molecule has 3 nitrogen and oxygen atoms in total. The number of furan rings is 1. The largest absolute Gasteiger partial charge is 0.422 e. The van der Waals surface area contributed by atoms with Crippen molar-refractivity contribution in [3.63, 3.8) is 0 Å². The first-order valence-corrected chi connectivity index (χ1v) is 3.38. The summed E-state index contributed by atoms with van der Waals surface area (Å²) in [6.07, 6.45) is 1.69. The van der Waals surface area contributed by atoms with Gasteiger partial charge in [-0.1, -0.05) is 0 Å². The molecule has 2 aromatic rings. The van der Waals surface area contributed by atoms with Gasteiger partial charge in [0.1, 0.15) is 0 Å². The molecule has 0 radical (unpaired) electrons. The third-order valence-electron chi connectivity index (χ3n) is 1.75. The number of aromatic nitrogens is 1. The fourth-order valence-electron chi connectivity index (χ4n) is 1.07. The molecular weight excluding hydrogens is 140 g/mol. The van der Waals surface area contributed by atoms with E-state index in [0.29, 0.717) is 11.6 Å². The third-order valence-corrected chi connectivity index (χ3v) is 1.75. The van der Waals surface area contributed by atoms with E-state index < -0.39 is 0 Å². The summed E-state index contributed by atoms with van der Waals surface area (Å²) in [7, 11) is 0. The summed E-state index contributed by atoms with van der Waals surface area (Å²) in [4.78, 5) is 4.02. The van der Waals surface area contributed by atoms with Gasteiger partial charge < -0.3 is 10.2 Å². The zero-order chi connectivity index (χ0) is 7.84. The summed E-state index contributed by atoms with van der Waals surface area (Å²) in [6, 6.07) is 3.81. The van der Waals surface area contributed by atoms with Gasteiger partial charge in [-0.05, 0) is 19.1 Å². The van der Waals surface area contributed by atoms with Crippen molar-refractivity contribution in [2.45, 2.75) is 6.92 Å². The van der Waals surface area contributed by atoms with Crippen LogP contribution in [-0.4, -0.2) is 4.98 Å². The lowest BCUT2D eigenvalue weighted by molar-refractivity contribution is 0.622. The number of pyridine rings is 1. The molecule has 0 spiro atoms. The molecule has 2 N–H and O–H groups in total. The Kier molecular flexibility index (Phi) is 1.12. The van der Waals surface area contributed by atoms with Gasteiger partial charge in [0.25, 0.3) is 0 Å². The van der Waals surface area contributed by atoms with Gasteiger partial charge in [-0.3, -0.25) is 0 Å². The summed E-state index contributed by atoms with van der Waals surface area (Å²) in [5.74, 6) is 0.457. The minimum Gasteiger partial charge on any atom is -0.422 e. The monoisotopic (exact) mass is 148 g/mol. The van der Waals surface area contributed by atoms with Crippen LogP contribution in [0.5, 0.6) is 0 Å². The van der Waals surface area contributed by atoms with Gasteiger partial charge in [-0.15, -0.1) is 0 Å². The Morgan fingerprint density at radius 3 is 3.09 bits per heavy atom. The Morgan fingerprint density at radius 2 is 2.36 bits per heavy atom. The first-order chi connectivity index (χ1) is 5.29. The minimum absolute atomic E-state index is 0.457. The maximum absolute atomic E-state index is 5.55. The number of aryl methyl sites for hydroxylation is 1. The van der Waals surface area contributed by atoms with Crippen LogP contribution in [0.1, 0.15) is 5.56 Å². The van der Waals surface area contributed by atoms with Crippen molar-refractivity contribution in [2.75, 3.05) is 5.73 Å². The van der Waals surface area contributed by atoms with E-state index in [1.54, 1.807) is 6.20 Å². The van der Waals surface area contributed by atoms with Crippen molar-refractivity contribution in [2.24, 2.45) is 0 Å². The van der Waals surface area contributed by atoms with Gasteiger partial charge in [0.05, 0.1) is 0 Å². The third kappa shape index (κ3) is 0.774. The number of nitrogen functional groups attached to an aromatic ring is 1. The van der Waals surface area contributed by atoms with E-state index in [2.05, 4.69) is 4.98 Å². The molecule has 0 bridgehead atoms. The number of fused-ring (bicyclic) bond motifs is 1. The molecule has 2 rings (SSSR count). The Labute approximate surface area is 63.8 Å². The number of nitrogens with zero attached hydrogens (tertiary/aromatic N) is 1. The standard InChI is InChI=1S/C8H8N2O/c1-5-6-3-2-4-10-8(6)11-7(5)9/h2-4H,9H2,1H3. The highest BCUT2D eigenvalue weighted by atomic mass is 16.4. The van der Waals surface area contributed by atoms with E-state index in [-0.39, 0.29) is 0 Å². The molecule has 0 unspecified atom stereocenters. The van der Waals surface area contributed by atoms with E-state index in [4.69, 9.17) is 10.2 Å². The van der Waals surface area contributed by atoms with E-state index >= 15 is 0 Å². The molecule has 0 aliphatic heterocycles. The Balaban J connectivity index is 2.92. The minimum atomic E-state index is 0.457. The zero-order valence-electron chi connectivity index (χ0n) is 6.16. The second kappa shape index (κ2) is 1.99. The molecule has 0 atom stereocenters. The molecule has 0 amide bonds. The molecule has 0 aliphatic carbocycles. The zero-order valence-corrected chi connectivity index (χ0v) is 6.16. The van der Waals surface area contributed by atoms with Gasteiger partial charge in [-0.2, -0.15) is 0 Å². The highest BCUT2D eigenvalue weighted by Crippen LogP contribution is 2.24. The highest BCUT2D eigenvalue weighted by molar-refractivity contribution is 5.81. The molecule has 0 saturated heterocycles. The Hall–Kier alpha value is -1.51. The smallest absolute Gasteiger partial charge is 0.228 e. The van der Waals surface area contributed by atoms with Crippen molar-refractivity contribution in [1.82, 2.24) is 4.98 Å². The quantitative estimate of drug-likeness (QED) is 0.618. The maximum Gasteiger partial charge on any atom is 0.228 e. The lowest BCUT2D eigenvalue weighted by atomic mass is 10.2.